The van der Waals surface area contributed by atoms with Gasteiger partial charge < -0.3 is 20.5 Å². The van der Waals surface area contributed by atoms with Crippen molar-refractivity contribution in [1.29, 1.82) is 0 Å². The van der Waals surface area contributed by atoms with Gasteiger partial charge in [-0.3, -0.25) is 4.99 Å². The summed E-state index contributed by atoms with van der Waals surface area (Å²) < 4.78 is 11.2. The number of hydrogen-bond donors (Lipinski definition) is 2. The molecule has 142 valence electrons. The summed E-state index contributed by atoms with van der Waals surface area (Å²) in [7, 11) is 0. The van der Waals surface area contributed by atoms with E-state index in [1.54, 1.807) is 0 Å². The van der Waals surface area contributed by atoms with E-state index in [9.17, 15) is 0 Å². The van der Waals surface area contributed by atoms with Crippen LogP contribution >= 0.6 is 24.0 Å². The zero-order valence-corrected chi connectivity index (χ0v) is 17.9. The van der Waals surface area contributed by atoms with Crippen molar-refractivity contribution in [2.45, 2.75) is 27.2 Å². The number of anilines is 1. The fourth-order valence-corrected chi connectivity index (χ4v) is 2.50. The first-order valence-corrected chi connectivity index (χ1v) is 8.64. The number of halogens is 1. The predicted octanol–water partition coefficient (Wildman–Crippen LogP) is 4.38. The molecule has 0 heterocycles. The Labute approximate surface area is 173 Å². The molecule has 5 nitrogen and oxygen atoms in total. The number of guanidine groups is 1. The predicted molar refractivity (Wildman–Crippen MR) is 119 cm³/mol. The fraction of sp³-hybridized carbons (Fsp3) is 0.350. The van der Waals surface area contributed by atoms with Gasteiger partial charge in [-0.2, -0.15) is 0 Å². The summed E-state index contributed by atoms with van der Waals surface area (Å²) in [6, 6.07) is 14.0. The SMILES string of the molecule is CCOc1ccc(OCC)c(NC(N)=NCCc2cccc(C)c2)c1.I. The van der Waals surface area contributed by atoms with Crippen LogP contribution < -0.4 is 20.5 Å². The van der Waals surface area contributed by atoms with E-state index >= 15 is 0 Å². The first-order chi connectivity index (χ1) is 12.1. The number of benzene rings is 2. The third-order valence-corrected chi connectivity index (χ3v) is 3.59. The number of aliphatic imine (C=N–C) groups is 1. The normalized spacial score (nSPS) is 10.8. The molecule has 0 unspecified atom stereocenters. The highest BCUT2D eigenvalue weighted by Crippen LogP contribution is 2.29. The second-order valence-electron chi connectivity index (χ2n) is 5.66. The van der Waals surface area contributed by atoms with E-state index in [0.29, 0.717) is 25.7 Å². The zero-order valence-electron chi connectivity index (χ0n) is 15.6. The molecule has 0 amide bonds. The van der Waals surface area contributed by atoms with E-state index in [1.165, 1.54) is 11.1 Å². The Balaban J connectivity index is 0.00000338. The first-order valence-electron chi connectivity index (χ1n) is 8.64. The van der Waals surface area contributed by atoms with Gasteiger partial charge in [0, 0.05) is 12.6 Å². The van der Waals surface area contributed by atoms with Crippen LogP contribution in [0.5, 0.6) is 11.5 Å². The minimum atomic E-state index is 0. The van der Waals surface area contributed by atoms with E-state index in [2.05, 4.69) is 41.5 Å². The molecule has 0 saturated carbocycles. The van der Waals surface area contributed by atoms with Gasteiger partial charge in [0.15, 0.2) is 5.96 Å². The molecule has 0 radical (unpaired) electrons. The van der Waals surface area contributed by atoms with Gasteiger partial charge in [0.1, 0.15) is 11.5 Å². The molecule has 0 atom stereocenters. The van der Waals surface area contributed by atoms with Gasteiger partial charge in [-0.25, -0.2) is 0 Å². The molecule has 2 aromatic carbocycles. The second-order valence-corrected chi connectivity index (χ2v) is 5.66. The molecule has 0 aliphatic carbocycles. The number of nitrogens with one attached hydrogen (secondary N) is 1. The molecule has 26 heavy (non-hydrogen) atoms. The van der Waals surface area contributed by atoms with Gasteiger partial charge >= 0.3 is 0 Å². The Morgan fingerprint density at radius 1 is 1.08 bits per heavy atom. The minimum absolute atomic E-state index is 0. The van der Waals surface area contributed by atoms with Gasteiger partial charge in [0.05, 0.1) is 18.9 Å². The standard InChI is InChI=1S/C20H27N3O2.HI/c1-4-24-17-9-10-19(25-5-2)18(14-17)23-20(21)22-12-11-16-8-6-7-15(3)13-16;/h6-10,13-14H,4-5,11-12H2,1-3H3,(H3,21,22,23);1H. The van der Waals surface area contributed by atoms with Crippen molar-refractivity contribution in [2.75, 3.05) is 25.1 Å². The van der Waals surface area contributed by atoms with Crippen LogP contribution in [-0.4, -0.2) is 25.7 Å². The summed E-state index contributed by atoms with van der Waals surface area (Å²) >= 11 is 0. The van der Waals surface area contributed by atoms with Crippen LogP contribution in [0.4, 0.5) is 5.69 Å². The monoisotopic (exact) mass is 469 g/mol. The Morgan fingerprint density at radius 2 is 1.85 bits per heavy atom. The minimum Gasteiger partial charge on any atom is -0.494 e. The Bertz CT molecular complexity index is 720. The molecule has 0 aliphatic rings. The lowest BCUT2D eigenvalue weighted by atomic mass is 10.1. The molecule has 6 heteroatoms. The van der Waals surface area contributed by atoms with Crippen LogP contribution in [0.3, 0.4) is 0 Å². The smallest absolute Gasteiger partial charge is 0.193 e. The quantitative estimate of drug-likeness (QED) is 0.342. The van der Waals surface area contributed by atoms with Gasteiger partial charge in [0.25, 0.3) is 0 Å². The molecular weight excluding hydrogens is 441 g/mol. The van der Waals surface area contributed by atoms with Crippen LogP contribution in [0.15, 0.2) is 47.5 Å². The fourth-order valence-electron chi connectivity index (χ4n) is 2.50. The lowest BCUT2D eigenvalue weighted by Gasteiger charge is -2.14. The number of nitrogens with two attached hydrogens (primary N) is 1. The average molecular weight is 469 g/mol. The topological polar surface area (TPSA) is 68.9 Å². The number of hydrogen-bond acceptors (Lipinski definition) is 3. The van der Waals surface area contributed by atoms with E-state index in [-0.39, 0.29) is 24.0 Å². The van der Waals surface area contributed by atoms with Crippen LogP contribution in [0, 0.1) is 6.92 Å². The third kappa shape index (κ3) is 7.11. The van der Waals surface area contributed by atoms with Gasteiger partial charge in [-0.15, -0.1) is 24.0 Å². The molecule has 0 spiro atoms. The zero-order chi connectivity index (χ0) is 18.1. The van der Waals surface area contributed by atoms with Crippen molar-refractivity contribution < 1.29 is 9.47 Å². The number of nitrogens with zero attached hydrogens (tertiary/aromatic N) is 1. The van der Waals surface area contributed by atoms with Crippen LogP contribution in [0.1, 0.15) is 25.0 Å². The van der Waals surface area contributed by atoms with Crippen molar-refractivity contribution in [1.82, 2.24) is 0 Å². The molecule has 0 saturated heterocycles. The molecule has 0 aromatic heterocycles. The lowest BCUT2D eigenvalue weighted by Crippen LogP contribution is -2.23. The van der Waals surface area contributed by atoms with E-state index in [0.717, 1.165) is 23.6 Å². The summed E-state index contributed by atoms with van der Waals surface area (Å²) in [5, 5.41) is 3.11. The van der Waals surface area contributed by atoms with Crippen LogP contribution in [-0.2, 0) is 6.42 Å². The third-order valence-electron chi connectivity index (χ3n) is 3.59. The number of rotatable bonds is 8. The molecule has 0 fully saturated rings. The Morgan fingerprint density at radius 3 is 2.54 bits per heavy atom. The van der Waals surface area contributed by atoms with E-state index in [1.807, 2.05) is 32.0 Å². The number of aryl methyl sites for hydroxylation is 1. The van der Waals surface area contributed by atoms with Gasteiger partial charge in [0.2, 0.25) is 0 Å². The lowest BCUT2D eigenvalue weighted by molar-refractivity contribution is 0.332. The summed E-state index contributed by atoms with van der Waals surface area (Å²) in [5.74, 6) is 1.85. The molecule has 3 N–H and O–H groups in total. The molecule has 2 rings (SSSR count). The molecule has 0 aliphatic heterocycles. The molecule has 0 bridgehead atoms. The highest BCUT2D eigenvalue weighted by molar-refractivity contribution is 14.0. The Hall–Kier alpha value is -1.96. The van der Waals surface area contributed by atoms with Crippen molar-refractivity contribution in [3.63, 3.8) is 0 Å². The van der Waals surface area contributed by atoms with Crippen LogP contribution in [0.2, 0.25) is 0 Å². The first kappa shape index (κ1) is 22.1. The van der Waals surface area contributed by atoms with Crippen molar-refractivity contribution >= 4 is 35.6 Å². The second kappa shape index (κ2) is 11.6. The van der Waals surface area contributed by atoms with Gasteiger partial charge in [-0.1, -0.05) is 29.8 Å². The highest BCUT2D eigenvalue weighted by Gasteiger charge is 2.07. The van der Waals surface area contributed by atoms with Crippen LogP contribution in [0.25, 0.3) is 0 Å². The summed E-state index contributed by atoms with van der Waals surface area (Å²) in [6.07, 6.45) is 0.849. The van der Waals surface area contributed by atoms with E-state index < -0.39 is 0 Å². The van der Waals surface area contributed by atoms with Gasteiger partial charge in [-0.05, 0) is 44.9 Å². The largest absolute Gasteiger partial charge is 0.494 e. The molecular formula is C20H28IN3O2. The van der Waals surface area contributed by atoms with Crippen molar-refractivity contribution in [3.05, 3.63) is 53.6 Å². The maximum Gasteiger partial charge on any atom is 0.193 e. The van der Waals surface area contributed by atoms with Crippen molar-refractivity contribution in [2.24, 2.45) is 10.7 Å². The summed E-state index contributed by atoms with van der Waals surface area (Å²) in [5.41, 5.74) is 9.29. The maximum absolute atomic E-state index is 6.03. The maximum atomic E-state index is 6.03. The highest BCUT2D eigenvalue weighted by atomic mass is 127. The average Bonchev–Trinajstić information content (AvgIpc) is 2.58. The van der Waals surface area contributed by atoms with Crippen molar-refractivity contribution in [3.8, 4) is 11.5 Å². The summed E-state index contributed by atoms with van der Waals surface area (Å²) in [4.78, 5) is 4.41. The Kier molecular flexibility index (Phi) is 9.87. The van der Waals surface area contributed by atoms with E-state index in [4.69, 9.17) is 15.2 Å². The molecule has 2 aromatic rings. The number of ether oxygens (including phenoxy) is 2. The summed E-state index contributed by atoms with van der Waals surface area (Å²) in [6.45, 7) is 7.78.